The summed E-state index contributed by atoms with van der Waals surface area (Å²) in [4.78, 5) is 0. The maximum Gasteiger partial charge on any atom is 0.265 e. The Hall–Kier alpha value is -2.42. The summed E-state index contributed by atoms with van der Waals surface area (Å²) in [5.41, 5.74) is 3.98. The van der Waals surface area contributed by atoms with Crippen molar-refractivity contribution in [1.82, 2.24) is 9.78 Å². The molecule has 106 valence electrons. The van der Waals surface area contributed by atoms with Crippen LogP contribution in [0.3, 0.4) is 0 Å². The van der Waals surface area contributed by atoms with Crippen LogP contribution >= 0.6 is 0 Å². The Balaban J connectivity index is 1.63. The van der Waals surface area contributed by atoms with E-state index in [4.69, 9.17) is 0 Å². The van der Waals surface area contributed by atoms with Gasteiger partial charge in [0, 0.05) is 11.5 Å². The number of rotatable bonds is 5. The molecule has 21 heavy (non-hydrogen) atoms. The third kappa shape index (κ3) is 3.57. The lowest BCUT2D eigenvalue weighted by Crippen LogP contribution is -2.32. The molecule has 0 atom stereocenters. The summed E-state index contributed by atoms with van der Waals surface area (Å²) >= 11 is 0. The fourth-order valence-electron chi connectivity index (χ4n) is 2.43. The van der Waals surface area contributed by atoms with Crippen LogP contribution in [0, 0.1) is 6.92 Å². The minimum atomic E-state index is 0.824. The number of aromatic nitrogens is 3. The molecule has 0 unspecified atom stereocenters. The Bertz CT molecular complexity index is 701. The smallest absolute Gasteiger partial charge is 0.237 e. The molecule has 0 radical (unpaired) electrons. The maximum absolute atomic E-state index is 4.44. The van der Waals surface area contributed by atoms with Crippen molar-refractivity contribution in [3.05, 3.63) is 83.9 Å². The van der Waals surface area contributed by atoms with Crippen molar-refractivity contribution < 1.29 is 4.57 Å². The Morgan fingerprint density at radius 2 is 1.76 bits per heavy atom. The summed E-state index contributed by atoms with van der Waals surface area (Å²) in [5.74, 6) is 0. The molecule has 2 aromatic carbocycles. The highest BCUT2D eigenvalue weighted by Crippen LogP contribution is 2.07. The molecule has 0 saturated carbocycles. The van der Waals surface area contributed by atoms with E-state index in [1.807, 2.05) is 11.0 Å². The molecule has 0 N–H and O–H groups in total. The molecule has 0 amide bonds. The van der Waals surface area contributed by atoms with E-state index in [1.165, 1.54) is 16.7 Å². The molecule has 3 heteroatoms. The van der Waals surface area contributed by atoms with Crippen LogP contribution in [-0.2, 0) is 19.5 Å². The molecular weight excluding hydrogens is 258 g/mol. The van der Waals surface area contributed by atoms with Gasteiger partial charge in [-0.2, -0.15) is 0 Å². The van der Waals surface area contributed by atoms with Crippen molar-refractivity contribution in [2.75, 3.05) is 0 Å². The number of hydrogen-bond donors (Lipinski definition) is 0. The Morgan fingerprint density at radius 3 is 2.57 bits per heavy atom. The van der Waals surface area contributed by atoms with Gasteiger partial charge >= 0.3 is 0 Å². The second-order valence-corrected chi connectivity index (χ2v) is 5.34. The summed E-state index contributed by atoms with van der Waals surface area (Å²) in [6.45, 7) is 3.92. The largest absolute Gasteiger partial charge is 0.265 e. The van der Waals surface area contributed by atoms with Crippen molar-refractivity contribution in [3.63, 3.8) is 0 Å². The Morgan fingerprint density at radius 1 is 1.00 bits per heavy atom. The molecule has 0 aliphatic carbocycles. The first-order chi connectivity index (χ1) is 10.3. The van der Waals surface area contributed by atoms with E-state index >= 15 is 0 Å². The van der Waals surface area contributed by atoms with Crippen molar-refractivity contribution >= 4 is 0 Å². The predicted molar refractivity (Wildman–Crippen MR) is 82.8 cm³/mol. The van der Waals surface area contributed by atoms with Crippen LogP contribution in [0.4, 0.5) is 0 Å². The number of hydrogen-bond acceptors (Lipinski definition) is 1. The van der Waals surface area contributed by atoms with Gasteiger partial charge in [0.15, 0.2) is 0 Å². The summed E-state index contributed by atoms with van der Waals surface area (Å²) < 4.78 is 4.14. The zero-order valence-electron chi connectivity index (χ0n) is 12.3. The first-order valence-corrected chi connectivity index (χ1v) is 7.31. The lowest BCUT2D eigenvalue weighted by molar-refractivity contribution is -0.697. The summed E-state index contributed by atoms with van der Waals surface area (Å²) in [6, 6.07) is 19.0. The molecule has 1 aromatic heterocycles. The number of benzene rings is 2. The molecule has 0 saturated heterocycles. The van der Waals surface area contributed by atoms with Gasteiger partial charge in [-0.1, -0.05) is 54.6 Å². The van der Waals surface area contributed by atoms with Gasteiger partial charge in [-0.3, -0.25) is 0 Å². The molecule has 3 nitrogen and oxygen atoms in total. The molecule has 0 aliphatic rings. The van der Waals surface area contributed by atoms with E-state index in [-0.39, 0.29) is 0 Å². The number of aryl methyl sites for hydroxylation is 3. The molecular formula is C18H20N3+. The SMILES string of the molecule is Cc1ccccc1Cn1c[n+](CCc2ccccc2)cn1. The molecule has 3 rings (SSSR count). The molecule has 0 aliphatic heterocycles. The fourth-order valence-corrected chi connectivity index (χ4v) is 2.43. The van der Waals surface area contributed by atoms with E-state index in [2.05, 4.69) is 77.5 Å². The quantitative estimate of drug-likeness (QED) is 0.658. The maximum atomic E-state index is 4.44. The van der Waals surface area contributed by atoms with E-state index < -0.39 is 0 Å². The normalized spacial score (nSPS) is 10.7. The van der Waals surface area contributed by atoms with Crippen LogP contribution in [0.1, 0.15) is 16.7 Å². The Kier molecular flexibility index (Phi) is 4.10. The molecule has 3 aromatic rings. The van der Waals surface area contributed by atoms with Gasteiger partial charge < -0.3 is 0 Å². The Labute approximate surface area is 125 Å². The van der Waals surface area contributed by atoms with Crippen molar-refractivity contribution in [2.24, 2.45) is 0 Å². The first-order valence-electron chi connectivity index (χ1n) is 7.31. The lowest BCUT2D eigenvalue weighted by atomic mass is 10.1. The molecule has 0 bridgehead atoms. The summed E-state index contributed by atoms with van der Waals surface area (Å²) in [7, 11) is 0. The van der Waals surface area contributed by atoms with Gasteiger partial charge in [0.25, 0.3) is 6.33 Å². The monoisotopic (exact) mass is 278 g/mol. The standard InChI is InChI=1S/C18H20N3/c1-16-7-5-6-10-18(16)13-21-15-20(14-19-21)12-11-17-8-3-2-4-9-17/h2-10,14-15H,11-13H2,1H3/q+1. The van der Waals surface area contributed by atoms with Gasteiger partial charge in [0.05, 0.1) is 6.54 Å². The van der Waals surface area contributed by atoms with Crippen LogP contribution in [0.15, 0.2) is 67.3 Å². The highest BCUT2D eigenvalue weighted by molar-refractivity contribution is 5.25. The van der Waals surface area contributed by atoms with Crippen LogP contribution in [0.2, 0.25) is 0 Å². The van der Waals surface area contributed by atoms with Crippen molar-refractivity contribution in [1.29, 1.82) is 0 Å². The predicted octanol–water partition coefficient (Wildman–Crippen LogP) is 2.77. The van der Waals surface area contributed by atoms with E-state index in [0.29, 0.717) is 0 Å². The van der Waals surface area contributed by atoms with Crippen molar-refractivity contribution in [2.45, 2.75) is 26.4 Å². The van der Waals surface area contributed by atoms with Crippen molar-refractivity contribution in [3.8, 4) is 0 Å². The lowest BCUT2D eigenvalue weighted by Gasteiger charge is -2.00. The van der Waals surface area contributed by atoms with Gasteiger partial charge in [0.2, 0.25) is 6.33 Å². The average molecular weight is 278 g/mol. The highest BCUT2D eigenvalue weighted by atomic mass is 15.3. The van der Waals surface area contributed by atoms with E-state index in [0.717, 1.165) is 19.5 Å². The van der Waals surface area contributed by atoms with Gasteiger partial charge in [-0.15, -0.1) is 4.68 Å². The zero-order chi connectivity index (χ0) is 14.5. The summed E-state index contributed by atoms with van der Waals surface area (Å²) in [6.07, 6.45) is 5.01. The first kappa shape index (κ1) is 13.6. The second kappa shape index (κ2) is 6.35. The fraction of sp³-hybridized carbons (Fsp3) is 0.222. The molecule has 0 spiro atoms. The van der Waals surface area contributed by atoms with Gasteiger partial charge in [-0.25, -0.2) is 4.57 Å². The van der Waals surface area contributed by atoms with Crippen LogP contribution in [0.25, 0.3) is 0 Å². The van der Waals surface area contributed by atoms with E-state index in [9.17, 15) is 0 Å². The van der Waals surface area contributed by atoms with Crippen LogP contribution < -0.4 is 4.57 Å². The highest BCUT2D eigenvalue weighted by Gasteiger charge is 2.08. The average Bonchev–Trinajstić information content (AvgIpc) is 2.96. The third-order valence-electron chi connectivity index (χ3n) is 3.72. The molecule has 0 fully saturated rings. The third-order valence-corrected chi connectivity index (χ3v) is 3.72. The molecule has 1 heterocycles. The van der Waals surface area contributed by atoms with Crippen LogP contribution in [-0.4, -0.2) is 9.78 Å². The van der Waals surface area contributed by atoms with Gasteiger partial charge in [0.1, 0.15) is 6.54 Å². The summed E-state index contributed by atoms with van der Waals surface area (Å²) in [5, 5.41) is 4.44. The minimum absolute atomic E-state index is 0.824. The van der Waals surface area contributed by atoms with E-state index in [1.54, 1.807) is 0 Å². The van der Waals surface area contributed by atoms with Crippen LogP contribution in [0.5, 0.6) is 0 Å². The minimum Gasteiger partial charge on any atom is -0.237 e. The van der Waals surface area contributed by atoms with Gasteiger partial charge in [-0.05, 0) is 23.6 Å². The topological polar surface area (TPSA) is 21.7 Å². The zero-order valence-corrected chi connectivity index (χ0v) is 12.3. The number of nitrogens with zero attached hydrogens (tertiary/aromatic N) is 3. The second-order valence-electron chi connectivity index (χ2n) is 5.34.